The molecule has 38 valence electrons. The zero-order valence-electron chi connectivity index (χ0n) is 3.26. The molecule has 0 aromatic carbocycles. The van der Waals surface area contributed by atoms with Gasteiger partial charge >= 0.3 is 0 Å². The van der Waals surface area contributed by atoms with Gasteiger partial charge in [0.15, 0.2) is 0 Å². The molecule has 2 N–H and O–H groups in total. The molecule has 6 heavy (non-hydrogen) atoms. The van der Waals surface area contributed by atoms with E-state index >= 15 is 0 Å². The van der Waals surface area contributed by atoms with Crippen LogP contribution in [0.3, 0.4) is 0 Å². The fourth-order valence-corrected chi connectivity index (χ4v) is 0.158. The molecule has 0 fully saturated rings. The molecule has 0 amide bonds. The lowest BCUT2D eigenvalue weighted by atomic mass is 10.7. The van der Waals surface area contributed by atoms with Crippen LogP contribution in [0, 0.1) is 0 Å². The Kier molecular flexibility index (Phi) is 4.33. The van der Waals surface area contributed by atoms with Gasteiger partial charge in [0, 0.05) is 0 Å². The van der Waals surface area contributed by atoms with Crippen molar-refractivity contribution >= 4 is 22.0 Å². The highest BCUT2D eigenvalue weighted by Crippen LogP contribution is 1.87. The van der Waals surface area contributed by atoms with Crippen LogP contribution in [0.1, 0.15) is 0 Å². The summed E-state index contributed by atoms with van der Waals surface area (Å²) in [5, 5.41) is 10.7. The van der Waals surface area contributed by atoms with Gasteiger partial charge in [-0.25, -0.2) is 0 Å². The second kappa shape index (κ2) is 3.88. The molecule has 2 nitrogen and oxygen atoms in total. The van der Waals surface area contributed by atoms with Crippen molar-refractivity contribution in [3.05, 3.63) is 0 Å². The lowest BCUT2D eigenvalue weighted by Gasteiger charge is -2.00. The first kappa shape index (κ1) is 6.70. The molecule has 0 aliphatic carbocycles. The quantitative estimate of drug-likeness (QED) is 0.267. The van der Waals surface area contributed by atoms with Crippen molar-refractivity contribution in [2.45, 2.75) is 5.37 Å². The normalized spacial score (nSPS) is 14.5. The summed E-state index contributed by atoms with van der Waals surface area (Å²) < 4.78 is 0. The molecule has 0 saturated carbocycles. The number of hydrogen-bond donors (Lipinski definition) is 3. The van der Waals surface area contributed by atoms with E-state index in [1.165, 1.54) is 0 Å². The number of thiol groups is 1. The predicted octanol–water partition coefficient (Wildman–Crippen LogP) is -0.386. The van der Waals surface area contributed by atoms with E-state index in [1.54, 1.807) is 0 Å². The fourth-order valence-electron chi connectivity index (χ4n) is 0.0527. The standard InChI is InChI=1S/C2H8NOPS/c4-1-2(6)3-5/h2-4,6H,1,5H2. The van der Waals surface area contributed by atoms with Crippen LogP contribution in [0.5, 0.6) is 0 Å². The summed E-state index contributed by atoms with van der Waals surface area (Å²) >= 11 is 3.85. The fraction of sp³-hybridized carbons (Fsp3) is 1.00. The van der Waals surface area contributed by atoms with Crippen LogP contribution in [0.15, 0.2) is 0 Å². The van der Waals surface area contributed by atoms with Crippen molar-refractivity contribution in [2.24, 2.45) is 0 Å². The minimum absolute atomic E-state index is 0.0621. The van der Waals surface area contributed by atoms with Crippen LogP contribution in [-0.4, -0.2) is 17.1 Å². The molecule has 0 spiro atoms. The van der Waals surface area contributed by atoms with Crippen LogP contribution >= 0.6 is 22.0 Å². The second-order valence-corrected chi connectivity index (χ2v) is 1.82. The minimum Gasteiger partial charge on any atom is -0.394 e. The average Bonchev–Trinajstić information content (AvgIpc) is 1.65. The van der Waals surface area contributed by atoms with Crippen LogP contribution < -0.4 is 5.09 Å². The lowest BCUT2D eigenvalue weighted by Crippen LogP contribution is -2.16. The van der Waals surface area contributed by atoms with Gasteiger partial charge < -0.3 is 5.11 Å². The van der Waals surface area contributed by atoms with E-state index in [2.05, 4.69) is 27.1 Å². The third-order valence-electron chi connectivity index (χ3n) is 0.365. The topological polar surface area (TPSA) is 32.3 Å². The lowest BCUT2D eigenvalue weighted by molar-refractivity contribution is 0.292. The Hall–Kier alpha value is 0.700. The number of rotatable bonds is 2. The molecular formula is C2H8NOPS. The van der Waals surface area contributed by atoms with Gasteiger partial charge in [-0.1, -0.05) is 9.39 Å². The van der Waals surface area contributed by atoms with E-state index in [1.807, 2.05) is 0 Å². The first-order chi connectivity index (χ1) is 2.81. The van der Waals surface area contributed by atoms with E-state index in [0.717, 1.165) is 0 Å². The highest BCUT2D eigenvalue weighted by molar-refractivity contribution is 7.81. The molecule has 2 unspecified atom stereocenters. The van der Waals surface area contributed by atoms with Gasteiger partial charge in [0.25, 0.3) is 0 Å². The molecule has 0 saturated heterocycles. The highest BCUT2D eigenvalue weighted by Gasteiger charge is 1.89. The number of aliphatic hydroxyl groups excluding tert-OH is 1. The molecule has 0 radical (unpaired) electrons. The van der Waals surface area contributed by atoms with E-state index in [-0.39, 0.29) is 12.0 Å². The van der Waals surface area contributed by atoms with Gasteiger partial charge in [-0.15, -0.1) is 0 Å². The van der Waals surface area contributed by atoms with E-state index in [9.17, 15) is 0 Å². The van der Waals surface area contributed by atoms with Gasteiger partial charge in [0.05, 0.1) is 12.0 Å². The van der Waals surface area contributed by atoms with Crippen molar-refractivity contribution in [3.63, 3.8) is 0 Å². The molecule has 4 heteroatoms. The van der Waals surface area contributed by atoms with Gasteiger partial charge in [0.1, 0.15) is 0 Å². The van der Waals surface area contributed by atoms with Gasteiger partial charge in [0.2, 0.25) is 0 Å². The molecule has 0 aliphatic heterocycles. The SMILES string of the molecule is OCC(S)NP. The summed E-state index contributed by atoms with van der Waals surface area (Å²) in [6.07, 6.45) is 0. The van der Waals surface area contributed by atoms with Crippen LogP contribution in [-0.2, 0) is 0 Å². The monoisotopic (exact) mass is 125 g/mol. The number of nitrogens with one attached hydrogen (secondary N) is 1. The van der Waals surface area contributed by atoms with Crippen LogP contribution in [0.2, 0.25) is 0 Å². The Balaban J connectivity index is 2.75. The van der Waals surface area contributed by atoms with Crippen molar-refractivity contribution in [3.8, 4) is 0 Å². The van der Waals surface area contributed by atoms with Crippen molar-refractivity contribution in [2.75, 3.05) is 6.61 Å². The van der Waals surface area contributed by atoms with Crippen molar-refractivity contribution in [1.29, 1.82) is 0 Å². The summed E-state index contributed by atoms with van der Waals surface area (Å²) in [6.45, 7) is 0.0621. The molecule has 0 aliphatic rings. The van der Waals surface area contributed by atoms with Crippen LogP contribution in [0.4, 0.5) is 0 Å². The molecule has 0 heterocycles. The molecule has 0 rings (SSSR count). The molecular weight excluding hydrogens is 117 g/mol. The third kappa shape index (κ3) is 2.91. The zero-order valence-corrected chi connectivity index (χ0v) is 5.31. The third-order valence-corrected chi connectivity index (χ3v) is 1.36. The first-order valence-electron chi connectivity index (χ1n) is 1.56. The van der Waals surface area contributed by atoms with Crippen LogP contribution in [0.25, 0.3) is 0 Å². The maximum atomic E-state index is 8.18. The molecule has 0 bridgehead atoms. The maximum Gasteiger partial charge on any atom is 0.0765 e. The summed E-state index contributed by atoms with van der Waals surface area (Å²) in [4.78, 5) is 0. The van der Waals surface area contributed by atoms with Crippen molar-refractivity contribution in [1.82, 2.24) is 5.09 Å². The van der Waals surface area contributed by atoms with Gasteiger partial charge in [-0.3, -0.25) is 5.09 Å². The average molecular weight is 125 g/mol. The highest BCUT2D eigenvalue weighted by atomic mass is 32.1. The first-order valence-corrected chi connectivity index (χ1v) is 2.65. The van der Waals surface area contributed by atoms with E-state index in [4.69, 9.17) is 5.11 Å². The van der Waals surface area contributed by atoms with E-state index in [0.29, 0.717) is 0 Å². The predicted molar refractivity (Wildman–Crippen MR) is 32.7 cm³/mol. The number of hydrogen-bond acceptors (Lipinski definition) is 3. The van der Waals surface area contributed by atoms with Crippen molar-refractivity contribution < 1.29 is 5.11 Å². The zero-order chi connectivity index (χ0) is 4.99. The summed E-state index contributed by atoms with van der Waals surface area (Å²) in [6, 6.07) is 0. The largest absolute Gasteiger partial charge is 0.394 e. The Labute approximate surface area is 45.0 Å². The smallest absolute Gasteiger partial charge is 0.0765 e. The Morgan fingerprint density at radius 2 is 2.50 bits per heavy atom. The second-order valence-electron chi connectivity index (χ2n) is 0.865. The Morgan fingerprint density at radius 3 is 2.50 bits per heavy atom. The Bertz CT molecular complexity index is 32.7. The minimum atomic E-state index is -0.102. The van der Waals surface area contributed by atoms with Gasteiger partial charge in [-0.2, -0.15) is 12.6 Å². The number of aliphatic hydroxyl groups is 1. The summed E-state index contributed by atoms with van der Waals surface area (Å²) in [7, 11) is 2.25. The summed E-state index contributed by atoms with van der Waals surface area (Å²) in [5.74, 6) is 0. The molecule has 0 aromatic heterocycles. The van der Waals surface area contributed by atoms with Gasteiger partial charge in [-0.05, 0) is 0 Å². The maximum absolute atomic E-state index is 8.18. The summed E-state index contributed by atoms with van der Waals surface area (Å²) in [5.41, 5.74) is 0. The van der Waals surface area contributed by atoms with E-state index < -0.39 is 0 Å². The molecule has 2 atom stereocenters. The molecule has 0 aromatic rings. The Morgan fingerprint density at radius 1 is 2.00 bits per heavy atom.